The molecule has 0 spiro atoms. The fourth-order valence-corrected chi connectivity index (χ4v) is 8.81. The number of rotatable bonds is 7. The summed E-state index contributed by atoms with van der Waals surface area (Å²) in [5.41, 5.74) is 3.39. The van der Waals surface area contributed by atoms with Gasteiger partial charge >= 0.3 is 0 Å². The molecule has 4 saturated carbocycles. The first kappa shape index (κ1) is 27.1. The molecule has 0 unspecified atom stereocenters. The van der Waals surface area contributed by atoms with Gasteiger partial charge in [0, 0.05) is 17.5 Å². The van der Waals surface area contributed by atoms with Gasteiger partial charge in [-0.15, -0.1) is 11.3 Å². The van der Waals surface area contributed by atoms with E-state index >= 15 is 0 Å². The van der Waals surface area contributed by atoms with Gasteiger partial charge in [-0.2, -0.15) is 0 Å². The molecular formula is C32H45NO3S. The molecule has 4 aliphatic rings. The van der Waals surface area contributed by atoms with Crippen LogP contribution in [-0.4, -0.2) is 38.6 Å². The molecule has 5 heteroatoms. The van der Waals surface area contributed by atoms with Gasteiger partial charge in [0.2, 0.25) is 0 Å². The number of hydrogen-bond acceptors (Lipinski definition) is 5. The standard InChI is InChI=1S/C32H45NO3S/c1-5-25-19-33-30(37-25)32(15-16-32)29(36)13-8-20(2)26-11-12-27-22(7-6-14-31(26,27)4)9-10-23-17-24(34)18-28(35)21(23)3/h8-10,13,19-20,24,26-29,34-36H,3,5-7,11-12,14-18H2,1-2,4H3/t20-,24+,26+,27-,28-,29+,31+/m0/s1. The lowest BCUT2D eigenvalue weighted by atomic mass is 9.61. The molecule has 5 rings (SSSR count). The normalized spacial score (nSPS) is 37.3. The fraction of sp³-hybridized carbons (Fsp3) is 0.656. The molecule has 1 aromatic rings. The molecule has 0 amide bonds. The highest BCUT2D eigenvalue weighted by atomic mass is 32.1. The predicted molar refractivity (Wildman–Crippen MR) is 151 cm³/mol. The van der Waals surface area contributed by atoms with Crippen molar-refractivity contribution in [2.75, 3.05) is 0 Å². The number of aromatic nitrogens is 1. The molecule has 202 valence electrons. The monoisotopic (exact) mass is 523 g/mol. The van der Waals surface area contributed by atoms with Crippen molar-refractivity contribution in [3.8, 4) is 0 Å². The summed E-state index contributed by atoms with van der Waals surface area (Å²) in [4.78, 5) is 5.96. The first-order valence-electron chi connectivity index (χ1n) is 14.4. The Morgan fingerprint density at radius 2 is 1.97 bits per heavy atom. The maximum Gasteiger partial charge on any atom is 0.102 e. The SMILES string of the molecule is C=C1C(=CC=C2CCC[C@]3(C)[C@@H]([C@@H](C)C=C[C@@H](O)C4(c5ncc(CC)s5)CC4)CC[C@@H]23)C[C@@H](O)C[C@@H]1O. The molecule has 3 N–H and O–H groups in total. The Balaban J connectivity index is 1.28. The van der Waals surface area contributed by atoms with Crippen LogP contribution in [0.4, 0.5) is 0 Å². The number of allylic oxidation sites excluding steroid dienone is 4. The second-order valence-electron chi connectivity index (χ2n) is 12.5. The minimum atomic E-state index is -0.636. The van der Waals surface area contributed by atoms with E-state index in [2.05, 4.69) is 56.6 Å². The van der Waals surface area contributed by atoms with E-state index in [0.29, 0.717) is 30.6 Å². The Morgan fingerprint density at radius 3 is 2.68 bits per heavy atom. The first-order chi connectivity index (χ1) is 17.7. The maximum absolute atomic E-state index is 11.2. The van der Waals surface area contributed by atoms with Crippen molar-refractivity contribution in [1.29, 1.82) is 0 Å². The van der Waals surface area contributed by atoms with E-state index in [0.717, 1.165) is 41.8 Å². The van der Waals surface area contributed by atoms with E-state index in [1.54, 1.807) is 11.3 Å². The summed E-state index contributed by atoms with van der Waals surface area (Å²) in [5, 5.41) is 32.6. The quantitative estimate of drug-likeness (QED) is 0.360. The predicted octanol–water partition coefficient (Wildman–Crippen LogP) is 6.43. The Hall–Kier alpha value is -1.53. The molecule has 37 heavy (non-hydrogen) atoms. The minimum Gasteiger partial charge on any atom is -0.393 e. The van der Waals surface area contributed by atoms with E-state index in [-0.39, 0.29) is 10.8 Å². The zero-order chi connectivity index (χ0) is 26.4. The van der Waals surface area contributed by atoms with Crippen molar-refractivity contribution in [2.45, 2.75) is 109 Å². The molecule has 0 bridgehead atoms. The van der Waals surface area contributed by atoms with E-state index in [1.165, 1.54) is 36.1 Å². The molecule has 1 aromatic heterocycles. The summed E-state index contributed by atoms with van der Waals surface area (Å²) in [6.45, 7) is 11.1. The summed E-state index contributed by atoms with van der Waals surface area (Å²) in [5.74, 6) is 1.60. The molecule has 4 aliphatic carbocycles. The first-order valence-corrected chi connectivity index (χ1v) is 15.3. The smallest absolute Gasteiger partial charge is 0.102 e. The van der Waals surface area contributed by atoms with Crippen LogP contribution in [-0.2, 0) is 11.8 Å². The van der Waals surface area contributed by atoms with Crippen LogP contribution < -0.4 is 0 Å². The molecular weight excluding hydrogens is 478 g/mol. The molecule has 0 saturated heterocycles. The third-order valence-corrected chi connectivity index (χ3v) is 11.6. The number of aliphatic hydroxyl groups excluding tert-OH is 3. The highest BCUT2D eigenvalue weighted by Crippen LogP contribution is 2.60. The average molecular weight is 524 g/mol. The van der Waals surface area contributed by atoms with Gasteiger partial charge in [0.25, 0.3) is 0 Å². The van der Waals surface area contributed by atoms with Crippen molar-refractivity contribution in [2.24, 2.45) is 23.2 Å². The van der Waals surface area contributed by atoms with Gasteiger partial charge in [-0.05, 0) is 92.1 Å². The lowest BCUT2D eigenvalue weighted by Gasteiger charge is -2.44. The number of hydrogen-bond donors (Lipinski definition) is 3. The van der Waals surface area contributed by atoms with E-state index in [1.807, 2.05) is 6.20 Å². The van der Waals surface area contributed by atoms with Crippen LogP contribution in [0, 0.1) is 23.2 Å². The van der Waals surface area contributed by atoms with Crippen LogP contribution in [0.2, 0.25) is 0 Å². The number of fused-ring (bicyclic) bond motifs is 1. The summed E-state index contributed by atoms with van der Waals surface area (Å²) in [7, 11) is 0. The fourth-order valence-electron chi connectivity index (χ4n) is 7.68. The van der Waals surface area contributed by atoms with E-state index in [9.17, 15) is 15.3 Å². The van der Waals surface area contributed by atoms with E-state index in [4.69, 9.17) is 0 Å². The lowest BCUT2D eigenvalue weighted by Crippen LogP contribution is -2.35. The topological polar surface area (TPSA) is 73.6 Å². The molecule has 7 atom stereocenters. The Labute approximate surface area is 226 Å². The molecule has 4 nitrogen and oxygen atoms in total. The van der Waals surface area contributed by atoms with Crippen molar-refractivity contribution >= 4 is 11.3 Å². The molecule has 0 aliphatic heterocycles. The zero-order valence-corrected chi connectivity index (χ0v) is 23.6. The lowest BCUT2D eigenvalue weighted by molar-refractivity contribution is 0.0862. The van der Waals surface area contributed by atoms with Crippen LogP contribution in [0.15, 0.2) is 53.8 Å². The maximum atomic E-state index is 11.2. The number of nitrogens with zero attached hydrogens (tertiary/aromatic N) is 1. The van der Waals surface area contributed by atoms with Gasteiger partial charge in [0.05, 0.1) is 23.7 Å². The van der Waals surface area contributed by atoms with Crippen LogP contribution >= 0.6 is 11.3 Å². The van der Waals surface area contributed by atoms with Gasteiger partial charge in [-0.3, -0.25) is 0 Å². The zero-order valence-electron chi connectivity index (χ0n) is 22.8. The third kappa shape index (κ3) is 5.09. The van der Waals surface area contributed by atoms with Crippen molar-refractivity contribution < 1.29 is 15.3 Å². The molecule has 0 aromatic carbocycles. The highest BCUT2D eigenvalue weighted by molar-refractivity contribution is 7.11. The minimum absolute atomic E-state index is 0.158. The number of aliphatic hydroxyl groups is 3. The van der Waals surface area contributed by atoms with Crippen LogP contribution in [0.25, 0.3) is 0 Å². The van der Waals surface area contributed by atoms with Gasteiger partial charge < -0.3 is 15.3 Å². The molecule has 1 heterocycles. The largest absolute Gasteiger partial charge is 0.393 e. The second-order valence-corrected chi connectivity index (χ2v) is 13.6. The van der Waals surface area contributed by atoms with Crippen molar-refractivity contribution in [3.63, 3.8) is 0 Å². The summed E-state index contributed by atoms with van der Waals surface area (Å²) >= 11 is 1.77. The molecule has 4 fully saturated rings. The summed E-state index contributed by atoms with van der Waals surface area (Å²) < 4.78 is 0. The summed E-state index contributed by atoms with van der Waals surface area (Å²) in [6, 6.07) is 0. The Morgan fingerprint density at radius 1 is 1.19 bits per heavy atom. The van der Waals surface area contributed by atoms with Crippen molar-refractivity contribution in [1.82, 2.24) is 4.98 Å². The second kappa shape index (κ2) is 10.6. The van der Waals surface area contributed by atoms with E-state index < -0.39 is 18.3 Å². The van der Waals surface area contributed by atoms with Gasteiger partial charge in [-0.25, -0.2) is 4.98 Å². The number of aryl methyl sites for hydroxylation is 1. The Kier molecular flexibility index (Phi) is 7.72. The van der Waals surface area contributed by atoms with Crippen molar-refractivity contribution in [3.05, 3.63) is 63.7 Å². The van der Waals surface area contributed by atoms with Crippen LogP contribution in [0.1, 0.15) is 88.4 Å². The molecule has 0 radical (unpaired) electrons. The third-order valence-electron chi connectivity index (χ3n) is 10.2. The summed E-state index contributed by atoms with van der Waals surface area (Å²) in [6.07, 6.45) is 19.2. The Bertz CT molecular complexity index is 1100. The van der Waals surface area contributed by atoms with Crippen LogP contribution in [0.3, 0.4) is 0 Å². The number of thiazole rings is 1. The van der Waals surface area contributed by atoms with Gasteiger partial charge in [0.15, 0.2) is 0 Å². The van der Waals surface area contributed by atoms with Gasteiger partial charge in [0.1, 0.15) is 5.01 Å². The van der Waals surface area contributed by atoms with Crippen LogP contribution in [0.5, 0.6) is 0 Å². The highest BCUT2D eigenvalue weighted by Gasteiger charge is 2.53. The van der Waals surface area contributed by atoms with Gasteiger partial charge in [-0.1, -0.05) is 57.2 Å². The average Bonchev–Trinajstić information content (AvgIpc) is 3.39.